The highest BCUT2D eigenvalue weighted by Gasteiger charge is 2.37. The molecule has 1 fully saturated rings. The highest BCUT2D eigenvalue weighted by Crippen LogP contribution is 2.32. The zero-order chi connectivity index (χ0) is 12.4. The molecule has 1 aliphatic carbocycles. The minimum absolute atomic E-state index is 0.365. The highest BCUT2D eigenvalue weighted by atomic mass is 32.2. The molecule has 1 saturated carbocycles. The molecule has 1 aliphatic rings. The fourth-order valence-corrected chi connectivity index (χ4v) is 3.34. The summed E-state index contributed by atoms with van der Waals surface area (Å²) in [6.45, 7) is 2.51. The van der Waals surface area contributed by atoms with Crippen molar-refractivity contribution < 1.29 is 8.42 Å². The van der Waals surface area contributed by atoms with Crippen LogP contribution in [0.15, 0.2) is 0 Å². The Labute approximate surface area is 98.6 Å². The summed E-state index contributed by atoms with van der Waals surface area (Å²) in [5.74, 6) is 0.530. The Morgan fingerprint density at radius 1 is 1.50 bits per heavy atom. The second-order valence-electron chi connectivity index (χ2n) is 5.08. The minimum Gasteiger partial charge on any atom is -0.329 e. The third kappa shape index (κ3) is 3.16. The van der Waals surface area contributed by atoms with Crippen LogP contribution in [0, 0.1) is 5.92 Å². The number of hydrogen-bond acceptors (Lipinski definition) is 3. The van der Waals surface area contributed by atoms with Gasteiger partial charge in [-0.25, -0.2) is 0 Å². The zero-order valence-electron chi connectivity index (χ0n) is 10.4. The second kappa shape index (κ2) is 5.00. The topological polar surface area (TPSA) is 75.4 Å². The van der Waals surface area contributed by atoms with Crippen LogP contribution in [-0.2, 0) is 10.2 Å². The van der Waals surface area contributed by atoms with Crippen molar-refractivity contribution in [3.05, 3.63) is 0 Å². The van der Waals surface area contributed by atoms with Gasteiger partial charge in [0.15, 0.2) is 0 Å². The van der Waals surface area contributed by atoms with Crippen LogP contribution in [0.4, 0.5) is 0 Å². The van der Waals surface area contributed by atoms with Gasteiger partial charge in [-0.1, -0.05) is 19.8 Å². The van der Waals surface area contributed by atoms with Gasteiger partial charge in [0.2, 0.25) is 0 Å². The average Bonchev–Trinajstić information content (AvgIpc) is 2.16. The van der Waals surface area contributed by atoms with E-state index in [4.69, 9.17) is 5.73 Å². The molecule has 2 atom stereocenters. The Morgan fingerprint density at radius 2 is 2.12 bits per heavy atom. The third-order valence-electron chi connectivity index (χ3n) is 3.31. The molecule has 0 heterocycles. The highest BCUT2D eigenvalue weighted by molar-refractivity contribution is 7.87. The van der Waals surface area contributed by atoms with Crippen molar-refractivity contribution in [2.24, 2.45) is 11.7 Å². The van der Waals surface area contributed by atoms with Gasteiger partial charge < -0.3 is 5.73 Å². The molecule has 0 spiro atoms. The molecule has 6 heteroatoms. The molecule has 0 aromatic heterocycles. The number of hydrogen-bond donors (Lipinski definition) is 2. The van der Waals surface area contributed by atoms with E-state index in [9.17, 15) is 8.42 Å². The summed E-state index contributed by atoms with van der Waals surface area (Å²) < 4.78 is 27.6. The van der Waals surface area contributed by atoms with Gasteiger partial charge in [-0.3, -0.25) is 0 Å². The smallest absolute Gasteiger partial charge is 0.279 e. The van der Waals surface area contributed by atoms with Crippen molar-refractivity contribution in [1.29, 1.82) is 0 Å². The zero-order valence-corrected chi connectivity index (χ0v) is 11.2. The lowest BCUT2D eigenvalue weighted by Gasteiger charge is -2.40. The van der Waals surface area contributed by atoms with Crippen LogP contribution in [-0.4, -0.2) is 38.9 Å². The summed E-state index contributed by atoms with van der Waals surface area (Å²) in [6, 6.07) is 0. The van der Waals surface area contributed by atoms with Crippen LogP contribution in [0.3, 0.4) is 0 Å². The van der Waals surface area contributed by atoms with Crippen LogP contribution >= 0.6 is 0 Å². The Hall–Kier alpha value is -0.170. The van der Waals surface area contributed by atoms with Gasteiger partial charge in [0.05, 0.1) is 0 Å². The predicted octanol–water partition coefficient (Wildman–Crippen LogP) is 0.290. The van der Waals surface area contributed by atoms with Crippen molar-refractivity contribution in [3.63, 3.8) is 0 Å². The molecule has 0 aliphatic heterocycles. The number of nitrogens with zero attached hydrogens (tertiary/aromatic N) is 1. The lowest BCUT2D eigenvalue weighted by atomic mass is 9.77. The first-order valence-electron chi connectivity index (χ1n) is 5.73. The molecule has 0 aromatic carbocycles. The first-order chi connectivity index (χ1) is 7.31. The summed E-state index contributed by atoms with van der Waals surface area (Å²) in [5, 5.41) is 0. The average molecular weight is 249 g/mol. The normalized spacial score (nSPS) is 31.9. The van der Waals surface area contributed by atoms with Gasteiger partial charge >= 0.3 is 0 Å². The van der Waals surface area contributed by atoms with E-state index in [0.29, 0.717) is 12.5 Å². The molecule has 0 aromatic rings. The Morgan fingerprint density at radius 3 is 2.56 bits per heavy atom. The van der Waals surface area contributed by atoms with E-state index in [0.717, 1.165) is 25.7 Å². The minimum atomic E-state index is -3.39. The van der Waals surface area contributed by atoms with Gasteiger partial charge in [-0.15, -0.1) is 0 Å². The summed E-state index contributed by atoms with van der Waals surface area (Å²) in [5.41, 5.74) is 5.32. The summed E-state index contributed by atoms with van der Waals surface area (Å²) in [6.07, 6.45) is 3.86. The van der Waals surface area contributed by atoms with Crippen LogP contribution in [0.1, 0.15) is 32.6 Å². The molecule has 0 radical (unpaired) electrons. The summed E-state index contributed by atoms with van der Waals surface area (Å²) in [4.78, 5) is 0. The molecule has 16 heavy (non-hydrogen) atoms. The van der Waals surface area contributed by atoms with Crippen molar-refractivity contribution in [1.82, 2.24) is 9.03 Å². The Kier molecular flexibility index (Phi) is 4.34. The maximum absolute atomic E-state index is 11.8. The van der Waals surface area contributed by atoms with Crippen LogP contribution < -0.4 is 10.5 Å². The summed E-state index contributed by atoms with van der Waals surface area (Å²) in [7, 11) is -0.335. The predicted molar refractivity (Wildman–Crippen MR) is 65.2 cm³/mol. The van der Waals surface area contributed by atoms with Crippen molar-refractivity contribution >= 4 is 10.2 Å². The standard InChI is InChI=1S/C10H23N3O2S/c1-9-5-4-6-10(7-9,8-11)12-16(14,15)13(2)3/h9,12H,4-8,11H2,1-3H3. The van der Waals surface area contributed by atoms with Crippen molar-refractivity contribution in [2.45, 2.75) is 38.1 Å². The van der Waals surface area contributed by atoms with Crippen LogP contribution in [0.2, 0.25) is 0 Å². The number of nitrogens with two attached hydrogens (primary N) is 1. The molecule has 0 amide bonds. The Balaban J connectivity index is 2.82. The molecular weight excluding hydrogens is 226 g/mol. The molecule has 0 saturated heterocycles. The van der Waals surface area contributed by atoms with Gasteiger partial charge in [-0.05, 0) is 18.8 Å². The SMILES string of the molecule is CC1CCCC(CN)(NS(=O)(=O)N(C)C)C1. The van der Waals surface area contributed by atoms with E-state index >= 15 is 0 Å². The first-order valence-corrected chi connectivity index (χ1v) is 7.17. The van der Waals surface area contributed by atoms with E-state index in [1.807, 2.05) is 0 Å². The molecule has 2 unspecified atom stereocenters. The van der Waals surface area contributed by atoms with Crippen LogP contribution in [0.25, 0.3) is 0 Å². The third-order valence-corrected chi connectivity index (χ3v) is 4.96. The lowest BCUT2D eigenvalue weighted by Crippen LogP contribution is -2.58. The van der Waals surface area contributed by atoms with Gasteiger partial charge in [0, 0.05) is 26.2 Å². The lowest BCUT2D eigenvalue weighted by molar-refractivity contribution is 0.220. The van der Waals surface area contributed by atoms with Crippen molar-refractivity contribution in [2.75, 3.05) is 20.6 Å². The quantitative estimate of drug-likeness (QED) is 0.752. The number of nitrogens with one attached hydrogen (secondary N) is 1. The largest absolute Gasteiger partial charge is 0.329 e. The van der Waals surface area contributed by atoms with Crippen LogP contribution in [0.5, 0.6) is 0 Å². The first kappa shape index (κ1) is 13.9. The van der Waals surface area contributed by atoms with E-state index < -0.39 is 15.7 Å². The molecule has 1 rings (SSSR count). The molecular formula is C10H23N3O2S. The van der Waals surface area contributed by atoms with E-state index in [1.54, 1.807) is 0 Å². The second-order valence-corrected chi connectivity index (χ2v) is 6.96. The van der Waals surface area contributed by atoms with Gasteiger partial charge in [0.25, 0.3) is 10.2 Å². The summed E-state index contributed by atoms with van der Waals surface area (Å²) >= 11 is 0. The molecule has 3 N–H and O–H groups in total. The van der Waals surface area contributed by atoms with Gasteiger partial charge in [0.1, 0.15) is 0 Å². The fraction of sp³-hybridized carbons (Fsp3) is 1.00. The van der Waals surface area contributed by atoms with Crippen molar-refractivity contribution in [3.8, 4) is 0 Å². The van der Waals surface area contributed by atoms with E-state index in [-0.39, 0.29) is 0 Å². The maximum atomic E-state index is 11.8. The Bertz CT molecular complexity index is 329. The van der Waals surface area contributed by atoms with E-state index in [2.05, 4.69) is 11.6 Å². The van der Waals surface area contributed by atoms with Gasteiger partial charge in [-0.2, -0.15) is 17.4 Å². The van der Waals surface area contributed by atoms with E-state index in [1.165, 1.54) is 18.4 Å². The maximum Gasteiger partial charge on any atom is 0.279 e. The molecule has 96 valence electrons. The fourth-order valence-electron chi connectivity index (χ4n) is 2.34. The molecule has 5 nitrogen and oxygen atoms in total. The number of rotatable bonds is 4. The molecule has 0 bridgehead atoms. The monoisotopic (exact) mass is 249 g/mol.